The molecule has 3 atom stereocenters. The van der Waals surface area contributed by atoms with E-state index in [0.29, 0.717) is 43.4 Å². The number of likely N-dealkylation sites (N-methyl/N-ethyl adjacent to an activating group) is 2. The Morgan fingerprint density at radius 3 is 2.56 bits per heavy atom. The number of hydrogen-bond donors (Lipinski definition) is 1. The van der Waals surface area contributed by atoms with Crippen LogP contribution in [0.15, 0.2) is 18.2 Å². The third kappa shape index (κ3) is 5.99. The van der Waals surface area contributed by atoms with E-state index in [1.54, 1.807) is 37.3 Å². The van der Waals surface area contributed by atoms with Crippen LogP contribution in [0.2, 0.25) is 0 Å². The lowest BCUT2D eigenvalue weighted by Crippen LogP contribution is -2.45. The summed E-state index contributed by atoms with van der Waals surface area (Å²) in [5.74, 6) is 0.534. The maximum atomic E-state index is 13.2. The molecular weight excluding hydrogens is 410 g/mol. The highest BCUT2D eigenvalue weighted by Crippen LogP contribution is 2.27. The molecule has 32 heavy (non-hydrogen) atoms. The van der Waals surface area contributed by atoms with Gasteiger partial charge in [-0.05, 0) is 44.9 Å². The third-order valence-electron chi connectivity index (χ3n) is 6.62. The Morgan fingerprint density at radius 1 is 1.16 bits per heavy atom. The Labute approximate surface area is 191 Å². The van der Waals surface area contributed by atoms with Crippen molar-refractivity contribution >= 4 is 17.5 Å². The number of nitrogens with zero attached hydrogens (tertiary/aromatic N) is 2. The Morgan fingerprint density at radius 2 is 1.88 bits per heavy atom. The number of methoxy groups -OCH3 is 1. The van der Waals surface area contributed by atoms with Gasteiger partial charge in [0.1, 0.15) is 12.4 Å². The van der Waals surface area contributed by atoms with E-state index in [-0.39, 0.29) is 35.8 Å². The van der Waals surface area contributed by atoms with E-state index in [1.165, 1.54) is 0 Å². The normalized spacial score (nSPS) is 26.5. The van der Waals surface area contributed by atoms with Gasteiger partial charge in [-0.3, -0.25) is 14.5 Å². The Kier molecular flexibility index (Phi) is 8.51. The molecule has 2 aliphatic rings. The summed E-state index contributed by atoms with van der Waals surface area (Å²) in [4.78, 5) is 29.8. The number of carbonyl (C=O) groups excluding carboxylic acids is 2. The molecule has 0 unspecified atom stereocenters. The summed E-state index contributed by atoms with van der Waals surface area (Å²) in [6.07, 6.45) is 1.37. The first-order chi connectivity index (χ1) is 15.3. The summed E-state index contributed by atoms with van der Waals surface area (Å²) in [5.41, 5.74) is 1.11. The summed E-state index contributed by atoms with van der Waals surface area (Å²) in [5, 5.41) is 2.99. The van der Waals surface area contributed by atoms with E-state index in [0.717, 1.165) is 19.4 Å². The van der Waals surface area contributed by atoms with Crippen molar-refractivity contribution in [3.8, 4) is 5.75 Å². The third-order valence-corrected chi connectivity index (χ3v) is 6.62. The van der Waals surface area contributed by atoms with Crippen molar-refractivity contribution < 1.29 is 23.8 Å². The number of rotatable bonds is 3. The zero-order chi connectivity index (χ0) is 23.3. The van der Waals surface area contributed by atoms with Crippen molar-refractivity contribution in [1.82, 2.24) is 9.80 Å². The van der Waals surface area contributed by atoms with Gasteiger partial charge in [0.25, 0.3) is 5.91 Å². The lowest BCUT2D eigenvalue weighted by Gasteiger charge is -2.34. The minimum absolute atomic E-state index is 0.0186. The molecule has 8 nitrogen and oxygen atoms in total. The molecule has 8 heteroatoms. The van der Waals surface area contributed by atoms with Gasteiger partial charge in [0, 0.05) is 64.2 Å². The molecule has 0 bridgehead atoms. The second kappa shape index (κ2) is 11.1. The van der Waals surface area contributed by atoms with Crippen LogP contribution >= 0.6 is 0 Å². The van der Waals surface area contributed by atoms with E-state index in [2.05, 4.69) is 31.1 Å². The van der Waals surface area contributed by atoms with E-state index < -0.39 is 0 Å². The van der Waals surface area contributed by atoms with Crippen LogP contribution in [0.25, 0.3) is 0 Å². The second-order valence-electron chi connectivity index (χ2n) is 9.12. The molecule has 1 saturated heterocycles. The first-order valence-electron chi connectivity index (χ1n) is 11.4. The Hall–Kier alpha value is -2.16. The molecule has 2 heterocycles. The van der Waals surface area contributed by atoms with Crippen molar-refractivity contribution in [3.05, 3.63) is 23.8 Å². The highest BCUT2D eigenvalue weighted by Gasteiger charge is 2.27. The van der Waals surface area contributed by atoms with Crippen LogP contribution in [-0.4, -0.2) is 87.9 Å². The highest BCUT2D eigenvalue weighted by molar-refractivity contribution is 5.98. The van der Waals surface area contributed by atoms with Gasteiger partial charge in [-0.25, -0.2) is 0 Å². The molecule has 0 aliphatic carbocycles. The number of carbonyl (C=O) groups is 2. The molecule has 2 aliphatic heterocycles. The van der Waals surface area contributed by atoms with Crippen molar-refractivity contribution in [2.75, 3.05) is 59.4 Å². The van der Waals surface area contributed by atoms with Gasteiger partial charge in [0.15, 0.2) is 0 Å². The van der Waals surface area contributed by atoms with Crippen LogP contribution in [0.5, 0.6) is 5.75 Å². The van der Waals surface area contributed by atoms with Crippen molar-refractivity contribution in [2.24, 2.45) is 11.8 Å². The first-order valence-corrected chi connectivity index (χ1v) is 11.4. The van der Waals surface area contributed by atoms with Gasteiger partial charge >= 0.3 is 0 Å². The van der Waals surface area contributed by atoms with Crippen LogP contribution in [0.1, 0.15) is 37.0 Å². The van der Waals surface area contributed by atoms with Crippen molar-refractivity contribution in [2.45, 2.75) is 38.8 Å². The summed E-state index contributed by atoms with van der Waals surface area (Å²) < 4.78 is 17.2. The fraction of sp³-hybridized carbons (Fsp3) is 0.667. The van der Waals surface area contributed by atoms with Crippen molar-refractivity contribution in [1.29, 1.82) is 0 Å². The van der Waals surface area contributed by atoms with E-state index >= 15 is 0 Å². The lowest BCUT2D eigenvalue weighted by atomic mass is 9.99. The molecule has 1 N–H and O–H groups in total. The smallest absolute Gasteiger partial charge is 0.257 e. The summed E-state index contributed by atoms with van der Waals surface area (Å²) in [7, 11) is 5.55. The molecular formula is C24H37N3O5. The monoisotopic (exact) mass is 447 g/mol. The predicted octanol–water partition coefficient (Wildman–Crippen LogP) is 2.49. The van der Waals surface area contributed by atoms with Gasteiger partial charge in [0.05, 0.1) is 11.7 Å². The second-order valence-corrected chi connectivity index (χ2v) is 9.12. The average Bonchev–Trinajstić information content (AvgIpc) is 2.80. The zero-order valence-corrected chi connectivity index (χ0v) is 19.9. The SMILES string of the molecule is CO[C@H]1CN(C)C(=O)c2ccc(NC(=O)C3CCOCC3)cc2OC[C@H](C)N(C)C[C@@H]1C. The lowest BCUT2D eigenvalue weighted by molar-refractivity contribution is -0.122. The van der Waals surface area contributed by atoms with E-state index in [9.17, 15) is 9.59 Å². The maximum Gasteiger partial charge on any atom is 0.257 e. The highest BCUT2D eigenvalue weighted by atomic mass is 16.5. The van der Waals surface area contributed by atoms with Gasteiger partial charge in [0.2, 0.25) is 5.91 Å². The summed E-state index contributed by atoms with van der Waals surface area (Å²) in [6.45, 7) is 7.22. The number of nitrogens with one attached hydrogen (secondary N) is 1. The molecule has 0 aromatic heterocycles. The van der Waals surface area contributed by atoms with Crippen LogP contribution in [-0.2, 0) is 14.3 Å². The van der Waals surface area contributed by atoms with Crippen LogP contribution in [0.3, 0.4) is 0 Å². The number of hydrogen-bond acceptors (Lipinski definition) is 6. The molecule has 1 aromatic carbocycles. The quantitative estimate of drug-likeness (QED) is 0.767. The van der Waals surface area contributed by atoms with Gasteiger partial charge in [-0.1, -0.05) is 6.92 Å². The summed E-state index contributed by atoms with van der Waals surface area (Å²) >= 11 is 0. The van der Waals surface area contributed by atoms with E-state index in [1.807, 2.05) is 0 Å². The molecule has 0 saturated carbocycles. The molecule has 0 spiro atoms. The predicted molar refractivity (Wildman–Crippen MR) is 123 cm³/mol. The standard InChI is InChI=1S/C24H37N3O5/c1-16-13-26(3)17(2)15-32-21-12-19(25-23(28)18-8-10-31-11-9-18)6-7-20(21)24(29)27(4)14-22(16)30-5/h6-7,12,16-18,22H,8-11,13-15H2,1-5H3,(H,25,28)/t16-,17-,22-/m0/s1. The van der Waals surface area contributed by atoms with Gasteiger partial charge < -0.3 is 24.4 Å². The number of benzene rings is 1. The maximum absolute atomic E-state index is 13.2. The zero-order valence-electron chi connectivity index (χ0n) is 19.9. The Balaban J connectivity index is 1.84. The number of ether oxygens (including phenoxy) is 3. The molecule has 0 radical (unpaired) electrons. The van der Waals surface area contributed by atoms with Crippen LogP contribution in [0, 0.1) is 11.8 Å². The molecule has 178 valence electrons. The topological polar surface area (TPSA) is 80.3 Å². The minimum Gasteiger partial charge on any atom is -0.491 e. The fourth-order valence-corrected chi connectivity index (χ4v) is 4.23. The van der Waals surface area contributed by atoms with Gasteiger partial charge in [-0.2, -0.15) is 0 Å². The van der Waals surface area contributed by atoms with Crippen LogP contribution < -0.4 is 10.1 Å². The molecule has 1 aromatic rings. The molecule has 2 amide bonds. The number of amides is 2. The van der Waals surface area contributed by atoms with E-state index in [4.69, 9.17) is 14.2 Å². The summed E-state index contributed by atoms with van der Waals surface area (Å²) in [6, 6.07) is 5.41. The first kappa shape index (κ1) is 24.5. The van der Waals surface area contributed by atoms with Crippen LogP contribution in [0.4, 0.5) is 5.69 Å². The Bertz CT molecular complexity index is 796. The van der Waals surface area contributed by atoms with Gasteiger partial charge in [-0.15, -0.1) is 0 Å². The number of fused-ring (bicyclic) bond motifs is 1. The molecule has 1 fully saturated rings. The molecule has 3 rings (SSSR count). The average molecular weight is 448 g/mol. The number of anilines is 1. The fourth-order valence-electron chi connectivity index (χ4n) is 4.23. The largest absolute Gasteiger partial charge is 0.491 e. The minimum atomic E-state index is -0.127. The van der Waals surface area contributed by atoms with Crippen molar-refractivity contribution in [3.63, 3.8) is 0 Å².